The Morgan fingerprint density at radius 2 is 1.75 bits per heavy atom. The van der Waals surface area contributed by atoms with Gasteiger partial charge in [-0.1, -0.05) is 18.2 Å². The third-order valence-electron chi connectivity index (χ3n) is 5.89. The number of rotatable bonds is 5. The van der Waals surface area contributed by atoms with Crippen molar-refractivity contribution in [3.8, 4) is 11.1 Å². The van der Waals surface area contributed by atoms with Crippen molar-refractivity contribution in [1.29, 1.82) is 0 Å². The maximum Gasteiger partial charge on any atom is 0.242 e. The SMILES string of the molecule is CNc1ncc(-c2ccccc2N2CCN(C(=O)Cn3ccc4cccnc43)CC2)cn1. The van der Waals surface area contributed by atoms with Crippen LogP contribution in [-0.2, 0) is 11.3 Å². The van der Waals surface area contributed by atoms with Gasteiger partial charge in [-0.15, -0.1) is 0 Å². The lowest BCUT2D eigenvalue weighted by atomic mass is 10.1. The lowest BCUT2D eigenvalue weighted by Gasteiger charge is -2.37. The van der Waals surface area contributed by atoms with Crippen molar-refractivity contribution in [2.75, 3.05) is 43.4 Å². The van der Waals surface area contributed by atoms with E-state index in [-0.39, 0.29) is 5.91 Å². The molecule has 8 nitrogen and oxygen atoms in total. The summed E-state index contributed by atoms with van der Waals surface area (Å²) < 4.78 is 1.92. The van der Waals surface area contributed by atoms with Crippen LogP contribution < -0.4 is 10.2 Å². The van der Waals surface area contributed by atoms with Crippen molar-refractivity contribution in [1.82, 2.24) is 24.4 Å². The van der Waals surface area contributed by atoms with Gasteiger partial charge in [0, 0.05) is 80.2 Å². The first-order chi connectivity index (χ1) is 15.7. The minimum absolute atomic E-state index is 0.122. The van der Waals surface area contributed by atoms with Crippen LogP contribution >= 0.6 is 0 Å². The average Bonchev–Trinajstić information content (AvgIpc) is 3.27. The molecule has 0 spiro atoms. The van der Waals surface area contributed by atoms with E-state index in [4.69, 9.17) is 0 Å². The Morgan fingerprint density at radius 3 is 2.53 bits per heavy atom. The Labute approximate surface area is 186 Å². The summed E-state index contributed by atoms with van der Waals surface area (Å²) in [6.45, 7) is 3.25. The number of para-hydroxylation sites is 1. The average molecular weight is 428 g/mol. The maximum absolute atomic E-state index is 12.9. The van der Waals surface area contributed by atoms with Gasteiger partial charge in [0.15, 0.2) is 0 Å². The summed E-state index contributed by atoms with van der Waals surface area (Å²) in [6, 6.07) is 14.2. The minimum Gasteiger partial charge on any atom is -0.367 e. The second kappa shape index (κ2) is 8.66. The smallest absolute Gasteiger partial charge is 0.242 e. The topological polar surface area (TPSA) is 79.2 Å². The maximum atomic E-state index is 12.9. The normalized spacial score (nSPS) is 14.0. The molecule has 8 heteroatoms. The van der Waals surface area contributed by atoms with Crippen LogP contribution in [0.2, 0.25) is 0 Å². The van der Waals surface area contributed by atoms with E-state index in [1.807, 2.05) is 58.4 Å². The molecule has 1 N–H and O–H groups in total. The first-order valence-electron chi connectivity index (χ1n) is 10.7. The number of piperazine rings is 1. The van der Waals surface area contributed by atoms with Gasteiger partial charge in [0.1, 0.15) is 12.2 Å². The van der Waals surface area contributed by atoms with E-state index in [0.29, 0.717) is 25.6 Å². The molecule has 4 heterocycles. The number of anilines is 2. The lowest BCUT2D eigenvalue weighted by molar-refractivity contribution is -0.132. The number of benzene rings is 1. The monoisotopic (exact) mass is 427 g/mol. The molecule has 3 aromatic heterocycles. The standard InChI is InChI=1S/C24H25N7O/c1-25-24-27-15-19(16-28-24)20-6-2-3-7-21(20)29-11-13-30(14-12-29)22(32)17-31-10-8-18-5-4-9-26-23(18)31/h2-10,15-16H,11-14,17H2,1H3,(H,25,27,28). The molecule has 1 amide bonds. The van der Waals surface area contributed by atoms with E-state index in [9.17, 15) is 4.79 Å². The van der Waals surface area contributed by atoms with Gasteiger partial charge in [0.2, 0.25) is 11.9 Å². The largest absolute Gasteiger partial charge is 0.367 e. The highest BCUT2D eigenvalue weighted by atomic mass is 16.2. The zero-order valence-electron chi connectivity index (χ0n) is 18.0. The van der Waals surface area contributed by atoms with E-state index in [1.165, 1.54) is 0 Å². The van der Waals surface area contributed by atoms with Crippen LogP contribution in [0.5, 0.6) is 0 Å². The number of aromatic nitrogens is 4. The number of fused-ring (bicyclic) bond motifs is 1. The van der Waals surface area contributed by atoms with Gasteiger partial charge in [-0.3, -0.25) is 4.79 Å². The molecule has 1 saturated heterocycles. The van der Waals surface area contributed by atoms with Crippen molar-refractivity contribution in [2.24, 2.45) is 0 Å². The molecular formula is C24H25N7O. The van der Waals surface area contributed by atoms with Crippen molar-refractivity contribution >= 4 is 28.6 Å². The summed E-state index contributed by atoms with van der Waals surface area (Å²) in [5, 5.41) is 4.00. The Kier molecular flexibility index (Phi) is 5.41. The van der Waals surface area contributed by atoms with Crippen LogP contribution in [0.4, 0.5) is 11.6 Å². The molecular weight excluding hydrogens is 402 g/mol. The van der Waals surface area contributed by atoms with E-state index in [2.05, 4.69) is 37.3 Å². The van der Waals surface area contributed by atoms with Crippen LogP contribution in [0.3, 0.4) is 0 Å². The number of pyridine rings is 1. The summed E-state index contributed by atoms with van der Waals surface area (Å²) in [5.41, 5.74) is 4.06. The highest BCUT2D eigenvalue weighted by molar-refractivity contribution is 5.82. The van der Waals surface area contributed by atoms with E-state index in [1.54, 1.807) is 13.2 Å². The number of nitrogens with one attached hydrogen (secondary N) is 1. The first kappa shape index (κ1) is 20.0. The number of amides is 1. The van der Waals surface area contributed by atoms with Gasteiger partial charge in [0.05, 0.1) is 0 Å². The highest BCUT2D eigenvalue weighted by Crippen LogP contribution is 2.31. The van der Waals surface area contributed by atoms with E-state index < -0.39 is 0 Å². The molecule has 32 heavy (non-hydrogen) atoms. The van der Waals surface area contributed by atoms with Gasteiger partial charge in [0.25, 0.3) is 0 Å². The van der Waals surface area contributed by atoms with Gasteiger partial charge in [-0.2, -0.15) is 0 Å². The summed E-state index contributed by atoms with van der Waals surface area (Å²) in [6.07, 6.45) is 7.38. The number of nitrogens with zero attached hydrogens (tertiary/aromatic N) is 6. The molecule has 1 aromatic carbocycles. The predicted octanol–water partition coefficient (Wildman–Crippen LogP) is 2.88. The summed E-state index contributed by atoms with van der Waals surface area (Å²) in [7, 11) is 1.80. The molecule has 0 saturated carbocycles. The third-order valence-corrected chi connectivity index (χ3v) is 5.89. The second-order valence-corrected chi connectivity index (χ2v) is 7.79. The Bertz CT molecular complexity index is 1230. The molecule has 1 aliphatic rings. The van der Waals surface area contributed by atoms with Crippen LogP contribution in [0.1, 0.15) is 0 Å². The molecule has 5 rings (SSSR count). The fourth-order valence-corrected chi connectivity index (χ4v) is 4.18. The van der Waals surface area contributed by atoms with E-state index >= 15 is 0 Å². The third kappa shape index (κ3) is 3.87. The molecule has 1 aliphatic heterocycles. The van der Waals surface area contributed by atoms with Crippen molar-refractivity contribution in [3.05, 3.63) is 67.3 Å². The molecule has 162 valence electrons. The van der Waals surface area contributed by atoms with Crippen molar-refractivity contribution in [2.45, 2.75) is 6.54 Å². The molecule has 0 bridgehead atoms. The van der Waals surface area contributed by atoms with Crippen LogP contribution in [0.25, 0.3) is 22.2 Å². The summed E-state index contributed by atoms with van der Waals surface area (Å²) >= 11 is 0. The molecule has 0 radical (unpaired) electrons. The predicted molar refractivity (Wildman–Crippen MR) is 126 cm³/mol. The fraction of sp³-hybridized carbons (Fsp3) is 0.250. The van der Waals surface area contributed by atoms with Gasteiger partial charge >= 0.3 is 0 Å². The Morgan fingerprint density at radius 1 is 0.969 bits per heavy atom. The molecule has 4 aromatic rings. The number of hydrogen-bond donors (Lipinski definition) is 1. The molecule has 0 atom stereocenters. The van der Waals surface area contributed by atoms with Crippen molar-refractivity contribution in [3.63, 3.8) is 0 Å². The highest BCUT2D eigenvalue weighted by Gasteiger charge is 2.23. The number of carbonyl (C=O) groups excluding carboxylic acids is 1. The molecule has 1 fully saturated rings. The summed E-state index contributed by atoms with van der Waals surface area (Å²) in [5.74, 6) is 0.723. The Balaban J connectivity index is 1.27. The van der Waals surface area contributed by atoms with Crippen molar-refractivity contribution < 1.29 is 4.79 Å². The van der Waals surface area contributed by atoms with Gasteiger partial charge in [-0.05, 0) is 24.3 Å². The Hall–Kier alpha value is -3.94. The number of hydrogen-bond acceptors (Lipinski definition) is 6. The van der Waals surface area contributed by atoms with Gasteiger partial charge < -0.3 is 19.7 Å². The fourth-order valence-electron chi connectivity index (χ4n) is 4.18. The first-order valence-corrected chi connectivity index (χ1v) is 10.7. The molecule has 0 aliphatic carbocycles. The zero-order chi connectivity index (χ0) is 21.9. The molecule has 0 unspecified atom stereocenters. The van der Waals surface area contributed by atoms with Crippen LogP contribution in [0.15, 0.2) is 67.3 Å². The second-order valence-electron chi connectivity index (χ2n) is 7.79. The van der Waals surface area contributed by atoms with Crippen LogP contribution in [0, 0.1) is 0 Å². The minimum atomic E-state index is 0.122. The van der Waals surface area contributed by atoms with E-state index in [0.717, 1.165) is 40.9 Å². The summed E-state index contributed by atoms with van der Waals surface area (Å²) in [4.78, 5) is 30.3. The van der Waals surface area contributed by atoms with Crippen LogP contribution in [-0.4, -0.2) is 63.6 Å². The lowest BCUT2D eigenvalue weighted by Crippen LogP contribution is -2.49. The quantitative estimate of drug-likeness (QED) is 0.528. The van der Waals surface area contributed by atoms with Gasteiger partial charge in [-0.25, -0.2) is 15.0 Å². The zero-order valence-corrected chi connectivity index (χ0v) is 18.0. The number of carbonyl (C=O) groups is 1.